The van der Waals surface area contributed by atoms with Gasteiger partial charge < -0.3 is 9.64 Å². The fourth-order valence-electron chi connectivity index (χ4n) is 4.31. The summed E-state index contributed by atoms with van der Waals surface area (Å²) < 4.78 is 5.62. The van der Waals surface area contributed by atoms with Gasteiger partial charge in [0.25, 0.3) is 0 Å². The number of likely N-dealkylation sites (tertiary alicyclic amines) is 2. The van der Waals surface area contributed by atoms with E-state index in [1.54, 1.807) is 7.11 Å². The molecule has 2 aliphatic heterocycles. The van der Waals surface area contributed by atoms with E-state index in [1.165, 1.54) is 69.4 Å². The van der Waals surface area contributed by atoms with Crippen LogP contribution >= 0.6 is 0 Å². The van der Waals surface area contributed by atoms with Crippen LogP contribution in [0.25, 0.3) is 0 Å². The second kappa shape index (κ2) is 9.02. The molecule has 2 fully saturated rings. The molecule has 3 rings (SSSR count). The second-order valence-corrected chi connectivity index (χ2v) is 7.95. The molecule has 0 N–H and O–H groups in total. The average Bonchev–Trinajstić information content (AvgIpc) is 2.99. The van der Waals surface area contributed by atoms with Gasteiger partial charge in [-0.1, -0.05) is 6.07 Å². The fourth-order valence-corrected chi connectivity index (χ4v) is 4.31. The molecule has 1 aromatic carbocycles. The molecule has 1 aromatic rings. The summed E-state index contributed by atoms with van der Waals surface area (Å²) in [6, 6.07) is 7.54. The summed E-state index contributed by atoms with van der Waals surface area (Å²) in [6.07, 6.45) is 6.58. The zero-order chi connectivity index (χ0) is 17.6. The molecule has 2 aliphatic rings. The number of methoxy groups -OCH3 is 1. The van der Waals surface area contributed by atoms with Gasteiger partial charge in [0.2, 0.25) is 0 Å². The van der Waals surface area contributed by atoms with Gasteiger partial charge in [0.1, 0.15) is 5.75 Å². The average molecular weight is 346 g/mol. The molecule has 140 valence electrons. The lowest BCUT2D eigenvalue weighted by Gasteiger charge is -2.24. The van der Waals surface area contributed by atoms with E-state index in [9.17, 15) is 0 Å². The zero-order valence-corrected chi connectivity index (χ0v) is 16.3. The molecular weight excluding hydrogens is 310 g/mol. The minimum atomic E-state index is 0.742. The van der Waals surface area contributed by atoms with Crippen LogP contribution in [0.4, 0.5) is 0 Å². The van der Waals surface area contributed by atoms with E-state index in [4.69, 9.17) is 4.74 Å². The van der Waals surface area contributed by atoms with Crippen LogP contribution in [-0.4, -0.2) is 68.1 Å². The molecule has 0 radical (unpaired) electrons. The van der Waals surface area contributed by atoms with Crippen molar-refractivity contribution in [3.63, 3.8) is 0 Å². The Balaban J connectivity index is 1.63. The summed E-state index contributed by atoms with van der Waals surface area (Å²) in [5.41, 5.74) is 2.78. The number of hydrogen-bond donors (Lipinski definition) is 0. The van der Waals surface area contributed by atoms with E-state index in [0.717, 1.165) is 24.9 Å². The number of hydrogen-bond acceptors (Lipinski definition) is 4. The van der Waals surface area contributed by atoms with E-state index >= 15 is 0 Å². The molecule has 1 atom stereocenters. The maximum Gasteiger partial charge on any atom is 0.123 e. The molecule has 4 heteroatoms. The normalized spacial score (nSPS) is 23.1. The summed E-state index contributed by atoms with van der Waals surface area (Å²) in [7, 11) is 6.22. The molecular formula is C21H35N3O. The van der Waals surface area contributed by atoms with Gasteiger partial charge in [-0.05, 0) is 90.1 Å². The first-order valence-corrected chi connectivity index (χ1v) is 9.92. The van der Waals surface area contributed by atoms with Crippen LogP contribution < -0.4 is 4.74 Å². The molecule has 4 nitrogen and oxygen atoms in total. The molecule has 25 heavy (non-hydrogen) atoms. The molecule has 0 spiro atoms. The van der Waals surface area contributed by atoms with Crippen LogP contribution in [0.3, 0.4) is 0 Å². The van der Waals surface area contributed by atoms with Crippen molar-refractivity contribution in [1.82, 2.24) is 14.7 Å². The third-order valence-corrected chi connectivity index (χ3v) is 5.86. The van der Waals surface area contributed by atoms with E-state index < -0.39 is 0 Å². The van der Waals surface area contributed by atoms with Gasteiger partial charge in [0.05, 0.1) is 7.11 Å². The molecule has 0 amide bonds. The lowest BCUT2D eigenvalue weighted by Crippen LogP contribution is -2.30. The van der Waals surface area contributed by atoms with Crippen molar-refractivity contribution >= 4 is 0 Å². The van der Waals surface area contributed by atoms with E-state index in [1.807, 2.05) is 0 Å². The monoisotopic (exact) mass is 345 g/mol. The number of nitrogens with zero attached hydrogens (tertiary/aromatic N) is 3. The van der Waals surface area contributed by atoms with Crippen molar-refractivity contribution in [2.45, 2.75) is 51.2 Å². The Labute approximate surface area is 153 Å². The van der Waals surface area contributed by atoms with Crippen LogP contribution in [0.2, 0.25) is 0 Å². The minimum absolute atomic E-state index is 0.742. The van der Waals surface area contributed by atoms with Crippen LogP contribution in [-0.2, 0) is 13.1 Å². The number of benzene rings is 1. The Morgan fingerprint density at radius 3 is 2.40 bits per heavy atom. The standard InChI is InChI=1S/C21H35N3O/c1-22(2)20-7-6-13-24(14-10-20)16-18-8-9-21(25-3)19(15-18)17-23-11-4-5-12-23/h8-9,15,20H,4-7,10-14,16-17H2,1-3H3. The Hall–Kier alpha value is -1.10. The summed E-state index contributed by atoms with van der Waals surface area (Å²) in [4.78, 5) is 7.57. The molecule has 0 aromatic heterocycles. The highest BCUT2D eigenvalue weighted by molar-refractivity contribution is 5.37. The predicted octanol–water partition coefficient (Wildman–Crippen LogP) is 3.21. The molecule has 0 aliphatic carbocycles. The van der Waals surface area contributed by atoms with Gasteiger partial charge in [0.15, 0.2) is 0 Å². The van der Waals surface area contributed by atoms with Crippen LogP contribution in [0, 0.1) is 0 Å². The smallest absolute Gasteiger partial charge is 0.123 e. The van der Waals surface area contributed by atoms with E-state index in [0.29, 0.717) is 0 Å². The van der Waals surface area contributed by atoms with Crippen molar-refractivity contribution in [1.29, 1.82) is 0 Å². The van der Waals surface area contributed by atoms with E-state index in [-0.39, 0.29) is 0 Å². The summed E-state index contributed by atoms with van der Waals surface area (Å²) in [5, 5.41) is 0. The van der Waals surface area contributed by atoms with Gasteiger partial charge in [-0.25, -0.2) is 0 Å². The highest BCUT2D eigenvalue weighted by atomic mass is 16.5. The lowest BCUT2D eigenvalue weighted by atomic mass is 10.1. The number of ether oxygens (including phenoxy) is 1. The zero-order valence-electron chi connectivity index (χ0n) is 16.3. The maximum absolute atomic E-state index is 5.62. The molecule has 0 saturated carbocycles. The van der Waals surface area contributed by atoms with Gasteiger partial charge in [-0.3, -0.25) is 9.80 Å². The highest BCUT2D eigenvalue weighted by Gasteiger charge is 2.19. The van der Waals surface area contributed by atoms with Crippen molar-refractivity contribution in [2.24, 2.45) is 0 Å². The Morgan fingerprint density at radius 1 is 0.960 bits per heavy atom. The first-order valence-electron chi connectivity index (χ1n) is 9.92. The Morgan fingerprint density at radius 2 is 1.68 bits per heavy atom. The lowest BCUT2D eigenvalue weighted by molar-refractivity contribution is 0.245. The van der Waals surface area contributed by atoms with Crippen molar-refractivity contribution in [2.75, 3.05) is 47.4 Å². The third-order valence-electron chi connectivity index (χ3n) is 5.86. The van der Waals surface area contributed by atoms with Crippen molar-refractivity contribution in [3.05, 3.63) is 29.3 Å². The largest absolute Gasteiger partial charge is 0.496 e. The van der Waals surface area contributed by atoms with Crippen LogP contribution in [0.15, 0.2) is 18.2 Å². The SMILES string of the molecule is COc1ccc(CN2CCCC(N(C)C)CC2)cc1CN1CCCC1. The summed E-state index contributed by atoms with van der Waals surface area (Å²) >= 11 is 0. The van der Waals surface area contributed by atoms with Crippen LogP contribution in [0.1, 0.15) is 43.2 Å². The van der Waals surface area contributed by atoms with Crippen molar-refractivity contribution < 1.29 is 4.74 Å². The molecule has 0 bridgehead atoms. The molecule has 2 heterocycles. The topological polar surface area (TPSA) is 19.0 Å². The first-order chi connectivity index (χ1) is 12.2. The molecule has 1 unspecified atom stereocenters. The van der Waals surface area contributed by atoms with Gasteiger partial charge in [-0.15, -0.1) is 0 Å². The molecule has 2 saturated heterocycles. The second-order valence-electron chi connectivity index (χ2n) is 7.95. The number of rotatable bonds is 6. The van der Waals surface area contributed by atoms with Gasteiger partial charge in [0, 0.05) is 24.7 Å². The summed E-state index contributed by atoms with van der Waals surface area (Å²) in [5.74, 6) is 1.04. The summed E-state index contributed by atoms with van der Waals surface area (Å²) in [6.45, 7) is 6.97. The van der Waals surface area contributed by atoms with Gasteiger partial charge in [-0.2, -0.15) is 0 Å². The van der Waals surface area contributed by atoms with Gasteiger partial charge >= 0.3 is 0 Å². The van der Waals surface area contributed by atoms with E-state index in [2.05, 4.69) is 47.0 Å². The highest BCUT2D eigenvalue weighted by Crippen LogP contribution is 2.25. The first kappa shape index (κ1) is 18.7. The van der Waals surface area contributed by atoms with Crippen molar-refractivity contribution in [3.8, 4) is 5.75 Å². The minimum Gasteiger partial charge on any atom is -0.496 e. The predicted molar refractivity (Wildman–Crippen MR) is 104 cm³/mol. The Kier molecular flexibility index (Phi) is 6.74. The third kappa shape index (κ3) is 5.19. The fraction of sp³-hybridized carbons (Fsp3) is 0.714. The quantitative estimate of drug-likeness (QED) is 0.788. The Bertz CT molecular complexity index is 540. The van der Waals surface area contributed by atoms with Crippen LogP contribution in [0.5, 0.6) is 5.75 Å². The maximum atomic E-state index is 5.62.